The Morgan fingerprint density at radius 3 is 2.61 bits per heavy atom. The number of hydrogen-bond acceptors (Lipinski definition) is 6. The van der Waals surface area contributed by atoms with Crippen LogP contribution in [0.4, 0.5) is 22.9 Å². The van der Waals surface area contributed by atoms with Crippen LogP contribution in [0.5, 0.6) is 0 Å². The Labute approximate surface area is 234 Å². The topological polar surface area (TPSA) is 79.4 Å². The van der Waals surface area contributed by atoms with Gasteiger partial charge in [-0.05, 0) is 77.7 Å². The summed E-state index contributed by atoms with van der Waals surface area (Å²) in [5.41, 5.74) is 6.30. The Morgan fingerprint density at radius 1 is 1.11 bits per heavy atom. The fourth-order valence-electron chi connectivity index (χ4n) is 4.50. The smallest absolute Gasteiger partial charge is 0.224 e. The van der Waals surface area contributed by atoms with Crippen molar-refractivity contribution in [2.45, 2.75) is 47.0 Å². The van der Waals surface area contributed by atoms with Crippen molar-refractivity contribution >= 4 is 52.0 Å². The van der Waals surface area contributed by atoms with Gasteiger partial charge in [0.25, 0.3) is 0 Å². The molecule has 7 nitrogen and oxygen atoms in total. The van der Waals surface area contributed by atoms with Crippen LogP contribution in [0, 0.1) is 12.3 Å². The molecule has 0 spiro atoms. The number of carbonyl (C=O) groups excluding carboxylic acids is 1. The maximum absolute atomic E-state index is 12.7. The minimum absolute atomic E-state index is 0.0351. The quantitative estimate of drug-likeness (QED) is 0.296. The number of nitrogens with zero attached hydrogens (tertiary/aromatic N) is 3. The molecule has 1 aliphatic rings. The van der Waals surface area contributed by atoms with Gasteiger partial charge in [0.2, 0.25) is 11.2 Å². The molecule has 2 N–H and O–H groups in total. The minimum atomic E-state index is -0.0744. The van der Waals surface area contributed by atoms with E-state index < -0.39 is 0 Å². The first-order chi connectivity index (χ1) is 18.1. The second-order valence-corrected chi connectivity index (χ2v) is 11.6. The van der Waals surface area contributed by atoms with Crippen LogP contribution >= 0.6 is 23.2 Å². The molecule has 1 saturated heterocycles. The number of halogens is 2. The molecule has 202 valence electrons. The van der Waals surface area contributed by atoms with E-state index in [1.165, 1.54) is 17.4 Å². The number of benzene rings is 2. The Bertz CT molecular complexity index is 1290. The molecule has 9 heteroatoms. The highest BCUT2D eigenvalue weighted by Crippen LogP contribution is 2.31. The Morgan fingerprint density at radius 2 is 1.87 bits per heavy atom. The second-order valence-electron chi connectivity index (χ2n) is 10.8. The normalized spacial score (nSPS) is 13.9. The summed E-state index contributed by atoms with van der Waals surface area (Å²) in [4.78, 5) is 23.2. The molecule has 1 fully saturated rings. The van der Waals surface area contributed by atoms with Gasteiger partial charge in [-0.1, -0.05) is 44.5 Å². The highest BCUT2D eigenvalue weighted by Gasteiger charge is 2.20. The van der Waals surface area contributed by atoms with Gasteiger partial charge in [0, 0.05) is 36.6 Å². The van der Waals surface area contributed by atoms with Crippen molar-refractivity contribution in [1.29, 1.82) is 0 Å². The van der Waals surface area contributed by atoms with E-state index in [9.17, 15) is 4.79 Å². The first kappa shape index (κ1) is 28.1. The van der Waals surface area contributed by atoms with Crippen molar-refractivity contribution in [2.75, 3.05) is 41.8 Å². The van der Waals surface area contributed by atoms with Crippen LogP contribution in [-0.2, 0) is 22.4 Å². The largest absolute Gasteiger partial charge is 0.378 e. The molecule has 0 radical (unpaired) electrons. The first-order valence-corrected chi connectivity index (χ1v) is 13.6. The van der Waals surface area contributed by atoms with Crippen LogP contribution in [0.3, 0.4) is 0 Å². The zero-order valence-electron chi connectivity index (χ0n) is 22.4. The number of ether oxygens (including phenoxy) is 1. The monoisotopic (exact) mass is 555 g/mol. The summed E-state index contributed by atoms with van der Waals surface area (Å²) in [6.45, 7) is 11.4. The van der Waals surface area contributed by atoms with Crippen LogP contribution in [-0.4, -0.2) is 42.2 Å². The predicted molar refractivity (Wildman–Crippen MR) is 156 cm³/mol. The number of hydrogen-bond donors (Lipinski definition) is 2. The Balaban J connectivity index is 1.55. The molecule has 2 aromatic carbocycles. The highest BCUT2D eigenvalue weighted by atomic mass is 35.5. The number of morpholine rings is 1. The molecule has 38 heavy (non-hydrogen) atoms. The predicted octanol–water partition coefficient (Wildman–Crippen LogP) is 6.83. The molecule has 4 rings (SSSR count). The van der Waals surface area contributed by atoms with Crippen LogP contribution in [0.2, 0.25) is 10.3 Å². The molecule has 1 aliphatic heterocycles. The average molecular weight is 557 g/mol. The number of nitrogens with one attached hydrogen (secondary N) is 2. The van der Waals surface area contributed by atoms with Gasteiger partial charge in [0.15, 0.2) is 5.82 Å². The van der Waals surface area contributed by atoms with E-state index in [1.54, 1.807) is 0 Å². The Kier molecular flexibility index (Phi) is 9.13. The van der Waals surface area contributed by atoms with E-state index in [2.05, 4.69) is 77.5 Å². The van der Waals surface area contributed by atoms with Crippen LogP contribution in [0.1, 0.15) is 43.9 Å². The molecule has 3 aromatic rings. The summed E-state index contributed by atoms with van der Waals surface area (Å²) >= 11 is 12.2. The maximum Gasteiger partial charge on any atom is 0.224 e. The van der Waals surface area contributed by atoms with Gasteiger partial charge >= 0.3 is 0 Å². The molecule has 0 bridgehead atoms. The third kappa shape index (κ3) is 7.82. The van der Waals surface area contributed by atoms with Crippen LogP contribution < -0.4 is 15.5 Å². The minimum Gasteiger partial charge on any atom is -0.378 e. The summed E-state index contributed by atoms with van der Waals surface area (Å²) in [5.74, 6) is 0.500. The van der Waals surface area contributed by atoms with Crippen LogP contribution in [0.25, 0.3) is 0 Å². The van der Waals surface area contributed by atoms with E-state index in [0.29, 0.717) is 30.5 Å². The Hall–Kier alpha value is -2.87. The standard InChI is InChI=1S/C29H35Cl2N5O2/c1-19-14-25(36-10-12-38-13-11-36)21(16-24(19)34-26(37)17-29(2,3)4)9-8-20-6-5-7-22(15-20)33-27-23(30)18-32-28(31)35-27/h5-7,14-16,18H,8-13,17H2,1-4H3,(H,34,37)(H,32,33,35). The van der Waals surface area contributed by atoms with Crippen molar-refractivity contribution in [2.24, 2.45) is 5.41 Å². The second kappa shape index (κ2) is 12.3. The maximum atomic E-state index is 12.7. The van der Waals surface area contributed by atoms with Crippen molar-refractivity contribution in [3.8, 4) is 0 Å². The number of rotatable bonds is 8. The third-order valence-electron chi connectivity index (χ3n) is 6.33. The number of aromatic nitrogens is 2. The third-order valence-corrected chi connectivity index (χ3v) is 6.79. The molecule has 1 amide bonds. The summed E-state index contributed by atoms with van der Waals surface area (Å²) < 4.78 is 5.59. The number of aryl methyl sites for hydroxylation is 3. The van der Waals surface area contributed by atoms with Gasteiger partial charge in [-0.2, -0.15) is 4.98 Å². The highest BCUT2D eigenvalue weighted by molar-refractivity contribution is 6.33. The molecular formula is C29H35Cl2N5O2. The molecule has 1 aromatic heterocycles. The summed E-state index contributed by atoms with van der Waals surface area (Å²) in [6.07, 6.45) is 3.59. The van der Waals surface area contributed by atoms with Crippen molar-refractivity contribution in [1.82, 2.24) is 9.97 Å². The van der Waals surface area contributed by atoms with Crippen molar-refractivity contribution in [3.05, 3.63) is 69.6 Å². The van der Waals surface area contributed by atoms with E-state index in [-0.39, 0.29) is 16.6 Å². The van der Waals surface area contributed by atoms with E-state index in [0.717, 1.165) is 48.4 Å². The molecule has 0 unspecified atom stereocenters. The van der Waals surface area contributed by atoms with Gasteiger partial charge in [-0.25, -0.2) is 4.98 Å². The molecule has 0 saturated carbocycles. The van der Waals surface area contributed by atoms with Gasteiger partial charge < -0.3 is 20.3 Å². The average Bonchev–Trinajstić information content (AvgIpc) is 2.86. The zero-order chi connectivity index (χ0) is 27.3. The summed E-state index contributed by atoms with van der Waals surface area (Å²) in [6, 6.07) is 12.5. The fourth-order valence-corrected chi connectivity index (χ4v) is 4.77. The lowest BCUT2D eigenvalue weighted by molar-refractivity contribution is -0.117. The zero-order valence-corrected chi connectivity index (χ0v) is 23.9. The summed E-state index contributed by atoms with van der Waals surface area (Å²) in [5, 5.41) is 6.92. The lowest BCUT2D eigenvalue weighted by atomic mass is 9.92. The molecule has 2 heterocycles. The van der Waals surface area contributed by atoms with Crippen LogP contribution in [0.15, 0.2) is 42.6 Å². The van der Waals surface area contributed by atoms with Crippen molar-refractivity contribution in [3.63, 3.8) is 0 Å². The van der Waals surface area contributed by atoms with E-state index >= 15 is 0 Å². The number of carbonyl (C=O) groups is 1. The molecule has 0 aliphatic carbocycles. The first-order valence-electron chi connectivity index (χ1n) is 12.9. The number of anilines is 4. The lowest BCUT2D eigenvalue weighted by Crippen LogP contribution is -2.37. The molecule has 0 atom stereocenters. The molecular weight excluding hydrogens is 521 g/mol. The van der Waals surface area contributed by atoms with E-state index in [4.69, 9.17) is 27.9 Å². The van der Waals surface area contributed by atoms with Gasteiger partial charge in [-0.3, -0.25) is 4.79 Å². The van der Waals surface area contributed by atoms with Crippen molar-refractivity contribution < 1.29 is 9.53 Å². The SMILES string of the molecule is Cc1cc(N2CCOCC2)c(CCc2cccc(Nc3nc(Cl)ncc3Cl)c2)cc1NC(=O)CC(C)(C)C. The van der Waals surface area contributed by atoms with Gasteiger partial charge in [0.1, 0.15) is 5.02 Å². The van der Waals surface area contributed by atoms with E-state index in [1.807, 2.05) is 12.1 Å². The van der Waals surface area contributed by atoms with Gasteiger partial charge in [0.05, 0.1) is 19.4 Å². The lowest BCUT2D eigenvalue weighted by Gasteiger charge is -2.31. The fraction of sp³-hybridized carbons (Fsp3) is 0.414. The number of amides is 1. The summed E-state index contributed by atoms with van der Waals surface area (Å²) in [7, 11) is 0. The van der Waals surface area contributed by atoms with Gasteiger partial charge in [-0.15, -0.1) is 0 Å².